The summed E-state index contributed by atoms with van der Waals surface area (Å²) < 4.78 is 67.3. The number of rotatable bonds is 13. The van der Waals surface area contributed by atoms with E-state index in [9.17, 15) is 36.1 Å². The van der Waals surface area contributed by atoms with Gasteiger partial charge in [-0.2, -0.15) is 17.9 Å². The molecule has 0 radical (unpaired) electrons. The molecular weight excluding hydrogens is 543 g/mol. The number of benzene rings is 2. The van der Waals surface area contributed by atoms with Crippen molar-refractivity contribution in [1.29, 1.82) is 0 Å². The Morgan fingerprint density at radius 1 is 1.05 bits per heavy atom. The Balaban J connectivity index is 2.32. The van der Waals surface area contributed by atoms with Crippen LogP contribution in [0, 0.1) is 4.91 Å². The Bertz CT molecular complexity index is 1300. The molecule has 12 nitrogen and oxygen atoms in total. The SMILES string of the molecule is CN=C(N)NCCC[C@H](NS(=O)(=O)c1ccc(C(F)(F)F)cc1N=O)C(=O)N[C@@H](Cc1ccccc1)C(N)=O. The Morgan fingerprint density at radius 3 is 2.28 bits per heavy atom. The third kappa shape index (κ3) is 9.33. The molecule has 2 atom stereocenters. The van der Waals surface area contributed by atoms with E-state index in [4.69, 9.17) is 11.5 Å². The summed E-state index contributed by atoms with van der Waals surface area (Å²) in [5, 5.41) is 7.57. The summed E-state index contributed by atoms with van der Waals surface area (Å²) in [4.78, 5) is 39.2. The summed E-state index contributed by atoms with van der Waals surface area (Å²) >= 11 is 0. The lowest BCUT2D eigenvalue weighted by atomic mass is 10.0. The highest BCUT2D eigenvalue weighted by Gasteiger charge is 2.34. The van der Waals surface area contributed by atoms with Gasteiger partial charge < -0.3 is 22.1 Å². The average molecular weight is 572 g/mol. The van der Waals surface area contributed by atoms with Crippen LogP contribution in [0.4, 0.5) is 18.9 Å². The maximum atomic E-state index is 13.1. The number of sulfonamides is 1. The number of amides is 2. The number of guanidine groups is 1. The third-order valence-corrected chi connectivity index (χ3v) is 6.97. The Hall–Kier alpha value is -4.05. The van der Waals surface area contributed by atoms with Crippen molar-refractivity contribution in [3.63, 3.8) is 0 Å². The van der Waals surface area contributed by atoms with E-state index in [1.54, 1.807) is 30.3 Å². The normalized spacial score (nSPS) is 13.8. The molecule has 0 heterocycles. The van der Waals surface area contributed by atoms with Gasteiger partial charge in [0.2, 0.25) is 21.8 Å². The number of carbonyl (C=O) groups excluding carboxylic acids is 2. The van der Waals surface area contributed by atoms with Crippen LogP contribution in [0.15, 0.2) is 63.6 Å². The molecule has 0 aliphatic carbocycles. The minimum absolute atomic E-state index is 0.0184. The first kappa shape index (κ1) is 31.2. The van der Waals surface area contributed by atoms with Crippen LogP contribution in [0.3, 0.4) is 0 Å². The van der Waals surface area contributed by atoms with Gasteiger partial charge in [0, 0.05) is 20.0 Å². The standard InChI is InChI=1S/C23H28F3N7O5S/c1-29-22(28)30-11-5-8-16(21(35)31-18(20(27)34)12-14-6-3-2-4-7-14)33-39(37,38)19-10-9-15(23(24,25)26)13-17(19)32-36/h2-4,6-7,9-10,13,16,18,33H,5,8,11-12H2,1H3,(H2,27,34)(H,31,35)(H3,28,29,30)/t16-,18-/m0/s1. The number of hydrogen-bond acceptors (Lipinski definition) is 7. The van der Waals surface area contributed by atoms with Crippen LogP contribution in [-0.2, 0) is 32.2 Å². The van der Waals surface area contributed by atoms with E-state index >= 15 is 0 Å². The molecule has 2 amide bonds. The van der Waals surface area contributed by atoms with Crippen molar-refractivity contribution < 1.29 is 31.2 Å². The summed E-state index contributed by atoms with van der Waals surface area (Å²) in [6.45, 7) is 0.180. The van der Waals surface area contributed by atoms with Crippen molar-refractivity contribution in [2.75, 3.05) is 13.6 Å². The van der Waals surface area contributed by atoms with Crippen LogP contribution in [0.2, 0.25) is 0 Å². The van der Waals surface area contributed by atoms with E-state index < -0.39 is 56.2 Å². The number of carbonyl (C=O) groups is 2. The summed E-state index contributed by atoms with van der Waals surface area (Å²) in [6.07, 6.45) is -4.81. The quantitative estimate of drug-likeness (QED) is 0.103. The van der Waals surface area contributed by atoms with Crippen LogP contribution in [-0.4, -0.2) is 51.9 Å². The Kier molecular flexibility index (Phi) is 10.9. The van der Waals surface area contributed by atoms with Gasteiger partial charge in [-0.25, -0.2) is 8.42 Å². The molecule has 0 aliphatic rings. The number of halogens is 3. The Morgan fingerprint density at radius 2 is 1.72 bits per heavy atom. The fourth-order valence-corrected chi connectivity index (χ4v) is 4.78. The zero-order valence-electron chi connectivity index (χ0n) is 20.7. The third-order valence-electron chi connectivity index (χ3n) is 5.45. The van der Waals surface area contributed by atoms with Gasteiger partial charge >= 0.3 is 6.18 Å². The van der Waals surface area contributed by atoms with E-state index in [-0.39, 0.29) is 37.8 Å². The molecule has 2 aromatic carbocycles. The fourth-order valence-electron chi connectivity index (χ4n) is 3.43. The van der Waals surface area contributed by atoms with E-state index in [0.717, 1.165) is 0 Å². The second-order valence-electron chi connectivity index (χ2n) is 8.28. The number of hydrogen-bond donors (Lipinski definition) is 5. The maximum absolute atomic E-state index is 13.1. The van der Waals surface area contributed by atoms with Gasteiger partial charge in [-0.1, -0.05) is 30.3 Å². The Labute approximate surface area is 222 Å². The number of nitrogens with zero attached hydrogens (tertiary/aromatic N) is 2. The first-order valence-electron chi connectivity index (χ1n) is 11.4. The van der Waals surface area contributed by atoms with Crippen LogP contribution in [0.25, 0.3) is 0 Å². The second kappa shape index (κ2) is 13.7. The molecule has 212 valence electrons. The number of primary amides is 1. The summed E-state index contributed by atoms with van der Waals surface area (Å²) in [6, 6.07) is 7.19. The zero-order chi connectivity index (χ0) is 29.2. The minimum Gasteiger partial charge on any atom is -0.370 e. The van der Waals surface area contributed by atoms with Gasteiger partial charge in [-0.15, -0.1) is 4.91 Å². The molecule has 0 saturated carbocycles. The van der Waals surface area contributed by atoms with Crippen molar-refractivity contribution >= 4 is 33.5 Å². The van der Waals surface area contributed by atoms with Gasteiger partial charge in [0.05, 0.1) is 5.56 Å². The van der Waals surface area contributed by atoms with Gasteiger partial charge in [-0.3, -0.25) is 14.6 Å². The van der Waals surface area contributed by atoms with Gasteiger partial charge in [0.25, 0.3) is 0 Å². The molecule has 2 aromatic rings. The van der Waals surface area contributed by atoms with Crippen molar-refractivity contribution in [2.24, 2.45) is 21.6 Å². The molecule has 2 rings (SSSR count). The lowest BCUT2D eigenvalue weighted by molar-refractivity contribution is -0.137. The van der Waals surface area contributed by atoms with Crippen molar-refractivity contribution in [3.8, 4) is 0 Å². The average Bonchev–Trinajstić information content (AvgIpc) is 2.89. The molecule has 0 bridgehead atoms. The summed E-state index contributed by atoms with van der Waals surface area (Å²) in [5.74, 6) is -1.71. The predicted octanol–water partition coefficient (Wildman–Crippen LogP) is 1.28. The van der Waals surface area contributed by atoms with Gasteiger partial charge in [0.15, 0.2) is 5.96 Å². The summed E-state index contributed by atoms with van der Waals surface area (Å²) in [5.41, 5.74) is 9.38. The van der Waals surface area contributed by atoms with Crippen molar-refractivity contribution in [1.82, 2.24) is 15.4 Å². The van der Waals surface area contributed by atoms with Crippen LogP contribution < -0.4 is 26.8 Å². The highest BCUT2D eigenvalue weighted by molar-refractivity contribution is 7.89. The van der Waals surface area contributed by atoms with E-state index in [2.05, 4.69) is 25.5 Å². The topological polar surface area (TPSA) is 198 Å². The monoisotopic (exact) mass is 571 g/mol. The minimum atomic E-state index is -4.85. The number of aliphatic imine (C=N–C) groups is 1. The number of nitrogens with one attached hydrogen (secondary N) is 3. The van der Waals surface area contributed by atoms with E-state index in [1.807, 2.05) is 0 Å². The lowest BCUT2D eigenvalue weighted by Gasteiger charge is -2.22. The van der Waals surface area contributed by atoms with E-state index in [0.29, 0.717) is 17.7 Å². The van der Waals surface area contributed by atoms with Crippen molar-refractivity contribution in [3.05, 3.63) is 64.6 Å². The molecule has 0 spiro atoms. The first-order chi connectivity index (χ1) is 18.3. The summed E-state index contributed by atoms with van der Waals surface area (Å²) in [7, 11) is -3.30. The number of nitroso groups, excluding NO2 is 1. The highest BCUT2D eigenvalue weighted by Crippen LogP contribution is 2.34. The molecular formula is C23H28F3N7O5S. The fraction of sp³-hybridized carbons (Fsp3) is 0.348. The second-order valence-corrected chi connectivity index (χ2v) is 9.96. The van der Waals surface area contributed by atoms with E-state index in [1.165, 1.54) is 7.05 Å². The largest absolute Gasteiger partial charge is 0.416 e. The van der Waals surface area contributed by atoms with Crippen molar-refractivity contribution in [2.45, 2.75) is 42.4 Å². The van der Waals surface area contributed by atoms with Crippen LogP contribution >= 0.6 is 0 Å². The molecule has 0 aromatic heterocycles. The lowest BCUT2D eigenvalue weighted by Crippen LogP contribution is -2.53. The van der Waals surface area contributed by atoms with Gasteiger partial charge in [0.1, 0.15) is 22.7 Å². The number of alkyl halides is 3. The molecule has 39 heavy (non-hydrogen) atoms. The molecule has 16 heteroatoms. The molecule has 0 aliphatic heterocycles. The molecule has 0 saturated heterocycles. The molecule has 7 N–H and O–H groups in total. The molecule has 0 fully saturated rings. The molecule has 0 unspecified atom stereocenters. The maximum Gasteiger partial charge on any atom is 0.416 e. The van der Waals surface area contributed by atoms with Crippen LogP contribution in [0.1, 0.15) is 24.0 Å². The smallest absolute Gasteiger partial charge is 0.370 e. The van der Waals surface area contributed by atoms with Crippen LogP contribution in [0.5, 0.6) is 0 Å². The predicted molar refractivity (Wildman–Crippen MR) is 137 cm³/mol. The van der Waals surface area contributed by atoms with Gasteiger partial charge in [-0.05, 0) is 41.8 Å². The first-order valence-corrected chi connectivity index (χ1v) is 12.9. The highest BCUT2D eigenvalue weighted by atomic mass is 32.2. The zero-order valence-corrected chi connectivity index (χ0v) is 21.6. The number of nitrogens with two attached hydrogens (primary N) is 2.